The van der Waals surface area contributed by atoms with Gasteiger partial charge >= 0.3 is 12.0 Å². The molecule has 0 spiro atoms. The number of hydrogen-bond donors (Lipinski definition) is 2. The summed E-state index contributed by atoms with van der Waals surface area (Å²) < 4.78 is 0. The van der Waals surface area contributed by atoms with E-state index in [2.05, 4.69) is 11.9 Å². The van der Waals surface area contributed by atoms with Gasteiger partial charge in [-0.3, -0.25) is 4.79 Å². The van der Waals surface area contributed by atoms with Crippen LogP contribution in [0.25, 0.3) is 0 Å². The number of carbonyl (C=O) groups is 2. The number of nitrogens with zero attached hydrogens (tertiary/aromatic N) is 1. The maximum absolute atomic E-state index is 11.9. The first-order valence-corrected chi connectivity index (χ1v) is 6.81. The van der Waals surface area contributed by atoms with E-state index in [9.17, 15) is 9.59 Å². The predicted molar refractivity (Wildman–Crippen MR) is 76.1 cm³/mol. The summed E-state index contributed by atoms with van der Waals surface area (Å²) in [6, 6.07) is -0.0476. The lowest BCUT2D eigenvalue weighted by Gasteiger charge is -2.22. The van der Waals surface area contributed by atoms with Crippen molar-refractivity contribution in [2.24, 2.45) is 5.92 Å². The van der Waals surface area contributed by atoms with E-state index in [4.69, 9.17) is 5.11 Å². The number of carboxylic acids is 1. The van der Waals surface area contributed by atoms with Crippen molar-refractivity contribution in [2.45, 2.75) is 46.1 Å². The molecule has 5 nitrogen and oxygen atoms in total. The van der Waals surface area contributed by atoms with Crippen LogP contribution < -0.4 is 5.32 Å². The summed E-state index contributed by atoms with van der Waals surface area (Å²) in [6.07, 6.45) is 3.92. The van der Waals surface area contributed by atoms with Crippen molar-refractivity contribution in [3.63, 3.8) is 0 Å². The van der Waals surface area contributed by atoms with Gasteiger partial charge in [-0.15, -0.1) is 6.58 Å². The second-order valence-corrected chi connectivity index (χ2v) is 4.85. The van der Waals surface area contributed by atoms with Gasteiger partial charge in [-0.05, 0) is 26.7 Å². The maximum Gasteiger partial charge on any atom is 0.317 e. The summed E-state index contributed by atoms with van der Waals surface area (Å²) in [6.45, 7) is 10.3. The highest BCUT2D eigenvalue weighted by Crippen LogP contribution is 2.09. The molecular weight excluding hydrogens is 244 g/mol. The molecule has 0 aliphatic heterocycles. The van der Waals surface area contributed by atoms with Crippen LogP contribution in [0.5, 0.6) is 0 Å². The van der Waals surface area contributed by atoms with Gasteiger partial charge in [0.1, 0.15) is 0 Å². The zero-order valence-electron chi connectivity index (χ0n) is 12.2. The van der Waals surface area contributed by atoms with E-state index in [0.717, 1.165) is 12.8 Å². The molecule has 2 amide bonds. The Labute approximate surface area is 115 Å². The Morgan fingerprint density at radius 3 is 2.47 bits per heavy atom. The Balaban J connectivity index is 3.96. The summed E-state index contributed by atoms with van der Waals surface area (Å²) in [5.41, 5.74) is 0. The van der Waals surface area contributed by atoms with E-state index in [1.54, 1.807) is 17.9 Å². The fourth-order valence-electron chi connectivity index (χ4n) is 1.74. The monoisotopic (exact) mass is 270 g/mol. The first-order valence-electron chi connectivity index (χ1n) is 6.81. The zero-order chi connectivity index (χ0) is 14.8. The normalized spacial score (nSPS) is 13.4. The number of amides is 2. The summed E-state index contributed by atoms with van der Waals surface area (Å²) in [7, 11) is 0. The molecule has 0 aromatic carbocycles. The Hall–Kier alpha value is -1.52. The van der Waals surface area contributed by atoms with Crippen molar-refractivity contribution in [1.29, 1.82) is 0 Å². The standard InChI is InChI=1S/C14H26N2O3/c1-5-10-16(6-2)14(19)15-12(4)9-7-8-11(3)13(17)18/h5,11-12H,1,6-10H2,2-4H3,(H,15,19)(H,17,18). The molecule has 0 heterocycles. The number of aliphatic carboxylic acids is 1. The Kier molecular flexibility index (Phi) is 8.66. The van der Waals surface area contributed by atoms with Gasteiger partial charge in [-0.25, -0.2) is 4.79 Å². The van der Waals surface area contributed by atoms with Crippen LogP contribution in [-0.4, -0.2) is 41.1 Å². The van der Waals surface area contributed by atoms with Crippen molar-refractivity contribution in [2.75, 3.05) is 13.1 Å². The lowest BCUT2D eigenvalue weighted by atomic mass is 10.0. The Morgan fingerprint density at radius 1 is 1.37 bits per heavy atom. The summed E-state index contributed by atoms with van der Waals surface area (Å²) in [5.74, 6) is -1.09. The van der Waals surface area contributed by atoms with Crippen LogP contribution >= 0.6 is 0 Å². The van der Waals surface area contributed by atoms with Crippen LogP contribution in [0.2, 0.25) is 0 Å². The molecule has 0 bridgehead atoms. The topological polar surface area (TPSA) is 69.6 Å². The highest BCUT2D eigenvalue weighted by molar-refractivity contribution is 5.74. The molecule has 0 fully saturated rings. The second-order valence-electron chi connectivity index (χ2n) is 4.85. The van der Waals surface area contributed by atoms with Crippen molar-refractivity contribution in [1.82, 2.24) is 10.2 Å². The van der Waals surface area contributed by atoms with Crippen LogP contribution in [0, 0.1) is 5.92 Å². The van der Waals surface area contributed by atoms with Crippen LogP contribution in [0.3, 0.4) is 0 Å². The third-order valence-corrected chi connectivity index (χ3v) is 3.08. The molecule has 0 aromatic rings. The molecule has 0 radical (unpaired) electrons. The largest absolute Gasteiger partial charge is 0.481 e. The fraction of sp³-hybridized carbons (Fsp3) is 0.714. The number of likely N-dealkylation sites (N-methyl/N-ethyl adjacent to an activating group) is 1. The van der Waals surface area contributed by atoms with E-state index in [1.165, 1.54) is 0 Å². The van der Waals surface area contributed by atoms with Crippen LogP contribution in [0.1, 0.15) is 40.0 Å². The van der Waals surface area contributed by atoms with Crippen LogP contribution in [0.15, 0.2) is 12.7 Å². The van der Waals surface area contributed by atoms with Crippen molar-refractivity contribution in [3.8, 4) is 0 Å². The van der Waals surface area contributed by atoms with Gasteiger partial charge in [0.25, 0.3) is 0 Å². The minimum Gasteiger partial charge on any atom is -0.481 e. The minimum atomic E-state index is -0.764. The average Bonchev–Trinajstić information content (AvgIpc) is 2.35. The maximum atomic E-state index is 11.9. The van der Waals surface area contributed by atoms with Gasteiger partial charge in [0, 0.05) is 19.1 Å². The molecule has 0 aromatic heterocycles. The molecule has 0 saturated carbocycles. The SMILES string of the molecule is C=CCN(CC)C(=O)NC(C)CCCC(C)C(=O)O. The predicted octanol–water partition coefficient (Wildman–Crippen LogP) is 2.48. The highest BCUT2D eigenvalue weighted by Gasteiger charge is 2.14. The van der Waals surface area contributed by atoms with Gasteiger partial charge in [0.15, 0.2) is 0 Å². The molecular formula is C14H26N2O3. The van der Waals surface area contributed by atoms with Gasteiger partial charge in [0.05, 0.1) is 5.92 Å². The molecule has 0 saturated heterocycles. The lowest BCUT2D eigenvalue weighted by Crippen LogP contribution is -2.43. The quantitative estimate of drug-likeness (QED) is 0.632. The molecule has 0 aliphatic rings. The molecule has 2 unspecified atom stereocenters. The third kappa shape index (κ3) is 7.49. The van der Waals surface area contributed by atoms with E-state index in [-0.39, 0.29) is 18.0 Å². The molecule has 19 heavy (non-hydrogen) atoms. The minimum absolute atomic E-state index is 0.0485. The summed E-state index contributed by atoms with van der Waals surface area (Å²) >= 11 is 0. The summed E-state index contributed by atoms with van der Waals surface area (Å²) in [4.78, 5) is 24.2. The highest BCUT2D eigenvalue weighted by atomic mass is 16.4. The molecule has 0 rings (SSSR count). The van der Waals surface area contributed by atoms with Crippen LogP contribution in [-0.2, 0) is 4.79 Å². The molecule has 5 heteroatoms. The van der Waals surface area contributed by atoms with Crippen molar-refractivity contribution >= 4 is 12.0 Å². The Bertz CT molecular complexity index is 305. The number of carboxylic acid groups (broad SMARTS) is 1. The average molecular weight is 270 g/mol. The van der Waals surface area contributed by atoms with Crippen molar-refractivity contribution < 1.29 is 14.7 Å². The van der Waals surface area contributed by atoms with E-state index in [1.807, 2.05) is 13.8 Å². The zero-order valence-corrected chi connectivity index (χ0v) is 12.2. The molecule has 110 valence electrons. The van der Waals surface area contributed by atoms with E-state index < -0.39 is 5.97 Å². The molecule has 2 atom stereocenters. The molecule has 2 N–H and O–H groups in total. The van der Waals surface area contributed by atoms with E-state index >= 15 is 0 Å². The number of carbonyl (C=O) groups excluding carboxylic acids is 1. The number of urea groups is 1. The van der Waals surface area contributed by atoms with Gasteiger partial charge in [0.2, 0.25) is 0 Å². The van der Waals surface area contributed by atoms with Gasteiger partial charge in [-0.1, -0.05) is 19.4 Å². The smallest absolute Gasteiger partial charge is 0.317 e. The fourth-order valence-corrected chi connectivity index (χ4v) is 1.74. The lowest BCUT2D eigenvalue weighted by molar-refractivity contribution is -0.141. The van der Waals surface area contributed by atoms with E-state index in [0.29, 0.717) is 19.5 Å². The first kappa shape index (κ1) is 17.5. The first-order chi connectivity index (χ1) is 8.92. The van der Waals surface area contributed by atoms with Crippen LogP contribution in [0.4, 0.5) is 4.79 Å². The third-order valence-electron chi connectivity index (χ3n) is 3.08. The van der Waals surface area contributed by atoms with Gasteiger partial charge in [-0.2, -0.15) is 0 Å². The Morgan fingerprint density at radius 2 is 2.00 bits per heavy atom. The second kappa shape index (κ2) is 9.42. The molecule has 0 aliphatic carbocycles. The number of nitrogens with one attached hydrogen (secondary N) is 1. The number of hydrogen-bond acceptors (Lipinski definition) is 2. The summed E-state index contributed by atoms with van der Waals surface area (Å²) in [5, 5.41) is 11.7. The van der Waals surface area contributed by atoms with Gasteiger partial charge < -0.3 is 15.3 Å². The van der Waals surface area contributed by atoms with Crippen molar-refractivity contribution in [3.05, 3.63) is 12.7 Å². The number of rotatable bonds is 9.